The molecule has 108 valence electrons. The third-order valence-corrected chi connectivity index (χ3v) is 4.18. The van der Waals surface area contributed by atoms with Crippen LogP contribution < -0.4 is 10.2 Å². The number of benzene rings is 1. The van der Waals surface area contributed by atoms with Crippen molar-refractivity contribution < 1.29 is 14.8 Å². The summed E-state index contributed by atoms with van der Waals surface area (Å²) in [7, 11) is 0. The van der Waals surface area contributed by atoms with Crippen molar-refractivity contribution in [2.24, 2.45) is 0 Å². The highest BCUT2D eigenvalue weighted by atomic mass is 16.5. The molecule has 4 heteroatoms. The number of aryl methyl sites for hydroxylation is 1. The fourth-order valence-corrected chi connectivity index (χ4v) is 3.13. The van der Waals surface area contributed by atoms with Gasteiger partial charge in [-0.2, -0.15) is 0 Å². The maximum Gasteiger partial charge on any atom is 0.282 e. The summed E-state index contributed by atoms with van der Waals surface area (Å²) < 4.78 is 5.58. The number of nitrogens with zero attached hydrogens (tertiary/aromatic N) is 1. The van der Waals surface area contributed by atoms with Gasteiger partial charge >= 0.3 is 0 Å². The van der Waals surface area contributed by atoms with E-state index < -0.39 is 0 Å². The number of rotatable bonds is 4. The van der Waals surface area contributed by atoms with E-state index in [-0.39, 0.29) is 5.91 Å². The Morgan fingerprint density at radius 3 is 3.10 bits per heavy atom. The summed E-state index contributed by atoms with van der Waals surface area (Å²) in [5, 5.41) is 2.09. The molecule has 1 amide bonds. The van der Waals surface area contributed by atoms with Gasteiger partial charge in [0.05, 0.1) is 0 Å². The summed E-state index contributed by atoms with van der Waals surface area (Å²) in [4.78, 5) is 14.3. The van der Waals surface area contributed by atoms with Gasteiger partial charge in [-0.3, -0.25) is 4.79 Å². The molecule has 0 spiro atoms. The normalized spacial score (nSPS) is 21.8. The quantitative estimate of drug-likeness (QED) is 0.879. The molecule has 1 saturated heterocycles. The topological polar surface area (TPSA) is 46.1 Å². The zero-order chi connectivity index (χ0) is 13.8. The minimum absolute atomic E-state index is 0.218. The molecule has 4 nitrogen and oxygen atoms in total. The molecule has 20 heavy (non-hydrogen) atoms. The Morgan fingerprint density at radius 1 is 1.35 bits per heavy atom. The first-order valence-electron chi connectivity index (χ1n) is 7.66. The molecule has 0 radical (unpaired) electrons. The van der Waals surface area contributed by atoms with Crippen molar-refractivity contribution in [3.8, 4) is 0 Å². The number of amides is 1. The van der Waals surface area contributed by atoms with Crippen LogP contribution in [0.15, 0.2) is 24.3 Å². The molecule has 1 aromatic rings. The lowest BCUT2D eigenvalue weighted by Gasteiger charge is -2.28. The number of fused-ring (bicyclic) bond motifs is 1. The van der Waals surface area contributed by atoms with Crippen LogP contribution in [0.2, 0.25) is 0 Å². The van der Waals surface area contributed by atoms with Crippen LogP contribution >= 0.6 is 0 Å². The first-order valence-corrected chi connectivity index (χ1v) is 7.66. The van der Waals surface area contributed by atoms with Crippen molar-refractivity contribution in [2.75, 3.05) is 31.1 Å². The van der Waals surface area contributed by atoms with Crippen LogP contribution in [0.5, 0.6) is 0 Å². The average Bonchev–Trinajstić information content (AvgIpc) is 3.00. The summed E-state index contributed by atoms with van der Waals surface area (Å²) in [6.45, 7) is 3.16. The van der Waals surface area contributed by atoms with Crippen molar-refractivity contribution in [2.45, 2.75) is 31.8 Å². The summed E-state index contributed by atoms with van der Waals surface area (Å²) in [6.07, 6.45) is 4.79. The molecule has 0 bridgehead atoms. The van der Waals surface area contributed by atoms with Crippen LogP contribution in [-0.4, -0.2) is 38.3 Å². The highest BCUT2D eigenvalue weighted by Gasteiger charge is 2.24. The number of carbonyl (C=O) groups is 1. The molecule has 0 aromatic heterocycles. The minimum Gasteiger partial charge on any atom is -0.372 e. The number of anilines is 1. The van der Waals surface area contributed by atoms with Crippen molar-refractivity contribution in [3.05, 3.63) is 29.8 Å². The first-order chi connectivity index (χ1) is 9.84. The predicted octanol–water partition coefficient (Wildman–Crippen LogP) is 0.708. The SMILES string of the molecule is O=C(C[NH2+]C[C@H]1CCCO1)N1CCCc2ccccc21. The maximum absolute atomic E-state index is 12.4. The lowest BCUT2D eigenvalue weighted by atomic mass is 10.0. The number of quaternary nitrogens is 1. The Kier molecular flexibility index (Phi) is 4.33. The van der Waals surface area contributed by atoms with Crippen LogP contribution in [0.4, 0.5) is 5.69 Å². The highest BCUT2D eigenvalue weighted by molar-refractivity contribution is 5.95. The van der Waals surface area contributed by atoms with Crippen molar-refractivity contribution in [1.82, 2.24) is 0 Å². The van der Waals surface area contributed by atoms with Crippen LogP contribution in [0.25, 0.3) is 0 Å². The molecule has 2 aliphatic rings. The van der Waals surface area contributed by atoms with E-state index in [1.807, 2.05) is 11.0 Å². The number of carbonyl (C=O) groups excluding carboxylic acids is 1. The maximum atomic E-state index is 12.4. The van der Waals surface area contributed by atoms with E-state index in [0.29, 0.717) is 12.6 Å². The van der Waals surface area contributed by atoms with E-state index in [1.165, 1.54) is 5.56 Å². The van der Waals surface area contributed by atoms with Gasteiger partial charge in [0.2, 0.25) is 0 Å². The second-order valence-corrected chi connectivity index (χ2v) is 5.64. The summed E-state index contributed by atoms with van der Waals surface area (Å²) in [5.74, 6) is 0.218. The Labute approximate surface area is 120 Å². The van der Waals surface area contributed by atoms with Crippen molar-refractivity contribution in [3.63, 3.8) is 0 Å². The minimum atomic E-state index is 0.218. The molecule has 0 saturated carbocycles. The lowest BCUT2D eigenvalue weighted by Crippen LogP contribution is -2.88. The molecule has 1 atom stereocenters. The molecular weight excluding hydrogens is 252 g/mol. The summed E-state index contributed by atoms with van der Waals surface area (Å²) in [5.41, 5.74) is 2.40. The van der Waals surface area contributed by atoms with Gasteiger partial charge in [0, 0.05) is 18.8 Å². The van der Waals surface area contributed by atoms with Gasteiger partial charge in [-0.05, 0) is 37.3 Å². The van der Waals surface area contributed by atoms with E-state index in [2.05, 4.69) is 23.5 Å². The number of nitrogens with two attached hydrogens (primary N) is 1. The van der Waals surface area contributed by atoms with E-state index >= 15 is 0 Å². The van der Waals surface area contributed by atoms with Gasteiger partial charge in [-0.15, -0.1) is 0 Å². The Balaban J connectivity index is 1.55. The van der Waals surface area contributed by atoms with Gasteiger partial charge in [0.15, 0.2) is 6.54 Å². The van der Waals surface area contributed by atoms with Gasteiger partial charge < -0.3 is 15.0 Å². The third kappa shape index (κ3) is 3.02. The van der Waals surface area contributed by atoms with Crippen LogP contribution in [-0.2, 0) is 16.0 Å². The Morgan fingerprint density at radius 2 is 2.25 bits per heavy atom. The fourth-order valence-electron chi connectivity index (χ4n) is 3.13. The molecule has 2 heterocycles. The van der Waals surface area contributed by atoms with E-state index in [4.69, 9.17) is 4.74 Å². The molecule has 2 aliphatic heterocycles. The van der Waals surface area contributed by atoms with Gasteiger partial charge in [-0.1, -0.05) is 18.2 Å². The number of hydrogen-bond acceptors (Lipinski definition) is 2. The molecule has 1 aromatic carbocycles. The predicted molar refractivity (Wildman–Crippen MR) is 77.7 cm³/mol. The largest absolute Gasteiger partial charge is 0.372 e. The summed E-state index contributed by atoms with van der Waals surface area (Å²) >= 11 is 0. The van der Waals surface area contributed by atoms with E-state index in [1.54, 1.807) is 0 Å². The number of hydrogen-bond donors (Lipinski definition) is 1. The third-order valence-electron chi connectivity index (χ3n) is 4.18. The standard InChI is InChI=1S/C16H22N2O2/c19-16(12-17-11-14-7-4-10-20-14)18-9-3-6-13-5-1-2-8-15(13)18/h1-2,5,8,14,17H,3-4,6-7,9-12H2/p+1/t14-/m1/s1. The smallest absolute Gasteiger partial charge is 0.282 e. The fraction of sp³-hybridized carbons (Fsp3) is 0.562. The zero-order valence-electron chi connectivity index (χ0n) is 11.9. The molecule has 1 fully saturated rings. The molecule has 3 rings (SSSR count). The average molecular weight is 275 g/mol. The molecule has 2 N–H and O–H groups in total. The van der Waals surface area contributed by atoms with Crippen molar-refractivity contribution >= 4 is 11.6 Å². The Hall–Kier alpha value is -1.39. The monoisotopic (exact) mass is 275 g/mol. The van der Waals surface area contributed by atoms with E-state index in [0.717, 1.165) is 51.1 Å². The zero-order valence-corrected chi connectivity index (χ0v) is 11.9. The van der Waals surface area contributed by atoms with Crippen molar-refractivity contribution in [1.29, 1.82) is 0 Å². The van der Waals surface area contributed by atoms with Crippen LogP contribution in [0, 0.1) is 0 Å². The molecule has 0 unspecified atom stereocenters. The van der Waals surface area contributed by atoms with Gasteiger partial charge in [0.1, 0.15) is 12.6 Å². The van der Waals surface area contributed by atoms with E-state index in [9.17, 15) is 4.79 Å². The number of ether oxygens (including phenoxy) is 1. The Bertz CT molecular complexity index is 469. The molecule has 0 aliphatic carbocycles. The first kappa shape index (κ1) is 13.6. The van der Waals surface area contributed by atoms with Gasteiger partial charge in [0.25, 0.3) is 5.91 Å². The van der Waals surface area contributed by atoms with Crippen LogP contribution in [0.1, 0.15) is 24.8 Å². The highest BCUT2D eigenvalue weighted by Crippen LogP contribution is 2.26. The molecular formula is C16H23N2O2+. The second kappa shape index (κ2) is 6.37. The van der Waals surface area contributed by atoms with Crippen LogP contribution in [0.3, 0.4) is 0 Å². The van der Waals surface area contributed by atoms with Gasteiger partial charge in [-0.25, -0.2) is 0 Å². The second-order valence-electron chi connectivity index (χ2n) is 5.64. The summed E-state index contributed by atoms with van der Waals surface area (Å²) in [6, 6.07) is 8.26. The number of para-hydroxylation sites is 1. The lowest BCUT2D eigenvalue weighted by molar-refractivity contribution is -0.649.